The van der Waals surface area contributed by atoms with E-state index in [0.717, 1.165) is 0 Å². The molecule has 0 fully saturated rings. The summed E-state index contributed by atoms with van der Waals surface area (Å²) in [5.74, 6) is 1.62. The van der Waals surface area contributed by atoms with Crippen molar-refractivity contribution in [3.05, 3.63) is 29.3 Å². The highest BCUT2D eigenvalue weighted by atomic mass is 35.5. The van der Waals surface area contributed by atoms with Crippen molar-refractivity contribution in [2.45, 2.75) is 0 Å². The van der Waals surface area contributed by atoms with Gasteiger partial charge >= 0.3 is 0 Å². The number of hydrogen-bond acceptors (Lipinski definition) is 6. The topological polar surface area (TPSA) is 82.3 Å². The molecular weight excluding hydrogens is 268 g/mol. The zero-order valence-electron chi connectivity index (χ0n) is 10.5. The van der Waals surface area contributed by atoms with E-state index in [1.54, 1.807) is 31.4 Å². The minimum atomic E-state index is 0.114. The first-order valence-corrected chi connectivity index (χ1v) is 5.79. The Labute approximate surface area is 115 Å². The summed E-state index contributed by atoms with van der Waals surface area (Å²) < 4.78 is 10.3. The average Bonchev–Trinajstić information content (AvgIpc) is 2.38. The second kappa shape index (κ2) is 5.62. The smallest absolute Gasteiger partial charge is 0.225 e. The van der Waals surface area contributed by atoms with Crippen molar-refractivity contribution in [1.82, 2.24) is 9.97 Å². The van der Waals surface area contributed by atoms with Crippen LogP contribution in [-0.2, 0) is 0 Å². The first kappa shape index (κ1) is 13.2. The zero-order chi connectivity index (χ0) is 13.8. The number of nitrogens with zero attached hydrogens (tertiary/aromatic N) is 2. The predicted octanol–water partition coefficient (Wildman–Crippen LogP) is 2.47. The Hall–Kier alpha value is -2.21. The highest BCUT2D eigenvalue weighted by molar-refractivity contribution is 6.31. The SMILES string of the molecule is COc1cc(Nc2cc(Cl)ccc2OC)nc(N)n1. The molecule has 0 unspecified atom stereocenters. The summed E-state index contributed by atoms with van der Waals surface area (Å²) in [6.45, 7) is 0. The lowest BCUT2D eigenvalue weighted by molar-refractivity contribution is 0.398. The van der Waals surface area contributed by atoms with Crippen LogP contribution < -0.4 is 20.5 Å². The van der Waals surface area contributed by atoms with Crippen molar-refractivity contribution in [2.24, 2.45) is 0 Å². The van der Waals surface area contributed by atoms with Crippen LogP contribution >= 0.6 is 11.6 Å². The van der Waals surface area contributed by atoms with Gasteiger partial charge in [-0.15, -0.1) is 0 Å². The van der Waals surface area contributed by atoms with E-state index in [2.05, 4.69) is 15.3 Å². The fourth-order valence-electron chi connectivity index (χ4n) is 1.53. The van der Waals surface area contributed by atoms with Gasteiger partial charge in [-0.1, -0.05) is 11.6 Å². The number of rotatable bonds is 4. The number of anilines is 3. The Balaban J connectivity index is 2.35. The highest BCUT2D eigenvalue weighted by Gasteiger charge is 2.07. The average molecular weight is 281 g/mol. The van der Waals surface area contributed by atoms with E-state index in [4.69, 9.17) is 26.8 Å². The molecule has 3 N–H and O–H groups in total. The first-order valence-electron chi connectivity index (χ1n) is 5.41. The highest BCUT2D eigenvalue weighted by Crippen LogP contribution is 2.30. The number of aromatic nitrogens is 2. The molecule has 2 rings (SSSR count). The quantitative estimate of drug-likeness (QED) is 0.895. The van der Waals surface area contributed by atoms with Crippen LogP contribution in [-0.4, -0.2) is 24.2 Å². The standard InChI is InChI=1S/C12H13ClN4O2/c1-18-9-4-3-7(13)5-8(9)15-10-6-11(19-2)17-12(14)16-10/h3-6H,1-2H3,(H3,14,15,16,17). The van der Waals surface area contributed by atoms with E-state index in [9.17, 15) is 0 Å². The molecule has 0 saturated heterocycles. The molecule has 0 amide bonds. The van der Waals surface area contributed by atoms with Crippen molar-refractivity contribution in [2.75, 3.05) is 25.3 Å². The van der Waals surface area contributed by atoms with Crippen LogP contribution in [0.4, 0.5) is 17.5 Å². The van der Waals surface area contributed by atoms with Gasteiger partial charge in [-0.3, -0.25) is 0 Å². The van der Waals surface area contributed by atoms with Gasteiger partial charge in [-0.05, 0) is 18.2 Å². The third-order valence-corrected chi connectivity index (χ3v) is 2.59. The Morgan fingerprint density at radius 1 is 1.16 bits per heavy atom. The van der Waals surface area contributed by atoms with Gasteiger partial charge in [0.05, 0.1) is 19.9 Å². The minimum Gasteiger partial charge on any atom is -0.495 e. The summed E-state index contributed by atoms with van der Waals surface area (Å²) in [6.07, 6.45) is 0. The number of ether oxygens (including phenoxy) is 2. The van der Waals surface area contributed by atoms with Gasteiger partial charge in [-0.25, -0.2) is 0 Å². The number of nitrogens with two attached hydrogens (primary N) is 1. The number of methoxy groups -OCH3 is 2. The molecule has 1 aromatic carbocycles. The third-order valence-electron chi connectivity index (χ3n) is 2.35. The molecule has 19 heavy (non-hydrogen) atoms. The molecule has 0 saturated carbocycles. The van der Waals surface area contributed by atoms with E-state index in [1.165, 1.54) is 7.11 Å². The molecule has 0 aliphatic carbocycles. The summed E-state index contributed by atoms with van der Waals surface area (Å²) >= 11 is 5.95. The Morgan fingerprint density at radius 2 is 1.95 bits per heavy atom. The van der Waals surface area contributed by atoms with E-state index >= 15 is 0 Å². The molecule has 100 valence electrons. The molecule has 0 atom stereocenters. The van der Waals surface area contributed by atoms with Gasteiger partial charge in [0.15, 0.2) is 0 Å². The van der Waals surface area contributed by atoms with E-state index in [-0.39, 0.29) is 5.95 Å². The maximum Gasteiger partial charge on any atom is 0.225 e. The molecular formula is C12H13ClN4O2. The maximum atomic E-state index is 5.95. The van der Waals surface area contributed by atoms with Crippen molar-refractivity contribution >= 4 is 29.1 Å². The lowest BCUT2D eigenvalue weighted by atomic mass is 10.3. The van der Waals surface area contributed by atoms with E-state index in [0.29, 0.717) is 28.2 Å². The van der Waals surface area contributed by atoms with Crippen LogP contribution in [0.2, 0.25) is 5.02 Å². The van der Waals surface area contributed by atoms with E-state index < -0.39 is 0 Å². The van der Waals surface area contributed by atoms with Crippen LogP contribution in [0.1, 0.15) is 0 Å². The molecule has 1 heterocycles. The van der Waals surface area contributed by atoms with Gasteiger partial charge in [-0.2, -0.15) is 9.97 Å². The second-order valence-corrected chi connectivity index (χ2v) is 4.06. The van der Waals surface area contributed by atoms with E-state index in [1.807, 2.05) is 0 Å². The largest absolute Gasteiger partial charge is 0.495 e. The van der Waals surface area contributed by atoms with Gasteiger partial charge in [0.2, 0.25) is 11.8 Å². The van der Waals surface area contributed by atoms with Crippen molar-refractivity contribution in [3.8, 4) is 11.6 Å². The summed E-state index contributed by atoms with van der Waals surface area (Å²) in [7, 11) is 3.08. The summed E-state index contributed by atoms with van der Waals surface area (Å²) in [5, 5.41) is 3.64. The number of nitrogens with one attached hydrogen (secondary N) is 1. The monoisotopic (exact) mass is 280 g/mol. The molecule has 7 heteroatoms. The van der Waals surface area contributed by atoms with Gasteiger partial charge in [0, 0.05) is 11.1 Å². The number of benzene rings is 1. The number of nitrogen functional groups attached to an aromatic ring is 1. The molecule has 0 bridgehead atoms. The molecule has 0 spiro atoms. The second-order valence-electron chi connectivity index (χ2n) is 3.62. The lowest BCUT2D eigenvalue weighted by Gasteiger charge is -2.11. The maximum absolute atomic E-state index is 5.95. The molecule has 6 nitrogen and oxygen atoms in total. The first-order chi connectivity index (χ1) is 9.12. The van der Waals surface area contributed by atoms with Gasteiger partial charge in [0.1, 0.15) is 11.6 Å². The van der Waals surface area contributed by atoms with Gasteiger partial charge < -0.3 is 20.5 Å². The van der Waals surface area contributed by atoms with Crippen LogP contribution in [0.3, 0.4) is 0 Å². The lowest BCUT2D eigenvalue weighted by Crippen LogP contribution is -2.02. The zero-order valence-corrected chi connectivity index (χ0v) is 11.2. The molecule has 1 aromatic heterocycles. The van der Waals surface area contributed by atoms with Gasteiger partial charge in [0.25, 0.3) is 0 Å². The van der Waals surface area contributed by atoms with Crippen molar-refractivity contribution in [3.63, 3.8) is 0 Å². The fraction of sp³-hybridized carbons (Fsp3) is 0.167. The normalized spacial score (nSPS) is 10.1. The van der Waals surface area contributed by atoms with Crippen molar-refractivity contribution in [1.29, 1.82) is 0 Å². The van der Waals surface area contributed by atoms with Crippen LogP contribution in [0.5, 0.6) is 11.6 Å². The molecule has 0 radical (unpaired) electrons. The molecule has 0 aliphatic heterocycles. The number of hydrogen-bond donors (Lipinski definition) is 2. The number of halogens is 1. The Morgan fingerprint density at radius 3 is 2.63 bits per heavy atom. The minimum absolute atomic E-state index is 0.114. The van der Waals surface area contributed by atoms with Crippen molar-refractivity contribution < 1.29 is 9.47 Å². The summed E-state index contributed by atoms with van der Waals surface area (Å²) in [6, 6.07) is 6.84. The molecule has 2 aromatic rings. The fourth-order valence-corrected chi connectivity index (χ4v) is 1.70. The summed E-state index contributed by atoms with van der Waals surface area (Å²) in [5.41, 5.74) is 6.27. The Kier molecular flexibility index (Phi) is 3.91. The summed E-state index contributed by atoms with van der Waals surface area (Å²) in [4.78, 5) is 7.96. The van der Waals surface area contributed by atoms with Crippen LogP contribution in [0.25, 0.3) is 0 Å². The third kappa shape index (κ3) is 3.17. The van der Waals surface area contributed by atoms with Crippen LogP contribution in [0.15, 0.2) is 24.3 Å². The Bertz CT molecular complexity index is 592. The predicted molar refractivity (Wildman–Crippen MR) is 74.3 cm³/mol. The van der Waals surface area contributed by atoms with Crippen LogP contribution in [0, 0.1) is 0 Å². The molecule has 0 aliphatic rings.